The molecule has 0 saturated heterocycles. The van der Waals surface area contributed by atoms with E-state index in [0.29, 0.717) is 11.6 Å². The van der Waals surface area contributed by atoms with E-state index in [-0.39, 0.29) is 17.4 Å². The summed E-state index contributed by atoms with van der Waals surface area (Å²) in [4.78, 5) is 23.2. The van der Waals surface area contributed by atoms with E-state index in [1.807, 2.05) is 6.92 Å². The molecule has 108 valence electrons. The maximum Gasteiger partial charge on any atom is 0.335 e. The van der Waals surface area contributed by atoms with Gasteiger partial charge in [0, 0.05) is 11.6 Å². The average molecular weight is 275 g/mol. The molecule has 1 aliphatic carbocycles. The molecule has 0 radical (unpaired) electrons. The van der Waals surface area contributed by atoms with Crippen LogP contribution in [0, 0.1) is 18.8 Å². The molecule has 0 unspecified atom stereocenters. The number of rotatable bonds is 3. The summed E-state index contributed by atoms with van der Waals surface area (Å²) in [7, 11) is 0. The van der Waals surface area contributed by atoms with Crippen LogP contribution in [0.25, 0.3) is 0 Å². The molecular weight excluding hydrogens is 254 g/mol. The Morgan fingerprint density at radius 1 is 1.20 bits per heavy atom. The Morgan fingerprint density at radius 3 is 2.45 bits per heavy atom. The smallest absolute Gasteiger partial charge is 0.335 e. The number of carboxylic acids is 1. The zero-order valence-corrected chi connectivity index (χ0v) is 12.0. The molecule has 1 aliphatic rings. The first-order chi connectivity index (χ1) is 9.47. The summed E-state index contributed by atoms with van der Waals surface area (Å²) in [6.45, 7) is 4.08. The molecule has 0 bridgehead atoms. The van der Waals surface area contributed by atoms with Gasteiger partial charge in [0.1, 0.15) is 0 Å². The van der Waals surface area contributed by atoms with E-state index < -0.39 is 5.97 Å². The fourth-order valence-corrected chi connectivity index (χ4v) is 2.65. The average Bonchev–Trinajstić information content (AvgIpc) is 2.41. The highest BCUT2D eigenvalue weighted by molar-refractivity contribution is 5.95. The highest BCUT2D eigenvalue weighted by Gasteiger charge is 2.24. The summed E-state index contributed by atoms with van der Waals surface area (Å²) < 4.78 is 0. The van der Waals surface area contributed by atoms with Crippen LogP contribution >= 0.6 is 0 Å². The number of benzene rings is 1. The Kier molecular flexibility index (Phi) is 4.42. The van der Waals surface area contributed by atoms with Crippen molar-refractivity contribution in [2.75, 3.05) is 5.32 Å². The maximum atomic E-state index is 12.2. The van der Waals surface area contributed by atoms with Crippen LogP contribution in [0.5, 0.6) is 0 Å². The number of anilines is 1. The van der Waals surface area contributed by atoms with Crippen molar-refractivity contribution >= 4 is 17.6 Å². The second-order valence-electron chi connectivity index (χ2n) is 5.78. The zero-order chi connectivity index (χ0) is 14.7. The van der Waals surface area contributed by atoms with Crippen molar-refractivity contribution in [3.8, 4) is 0 Å². The van der Waals surface area contributed by atoms with Gasteiger partial charge in [0.25, 0.3) is 0 Å². The van der Waals surface area contributed by atoms with Crippen LogP contribution in [0.4, 0.5) is 5.69 Å². The van der Waals surface area contributed by atoms with Crippen LogP contribution in [0.1, 0.15) is 48.5 Å². The first kappa shape index (κ1) is 14.6. The van der Waals surface area contributed by atoms with Crippen molar-refractivity contribution in [1.82, 2.24) is 0 Å². The van der Waals surface area contributed by atoms with Gasteiger partial charge in [-0.1, -0.05) is 13.0 Å². The molecular formula is C16H21NO3. The molecule has 0 heterocycles. The Hall–Kier alpha value is -1.84. The summed E-state index contributed by atoms with van der Waals surface area (Å²) in [6.07, 6.45) is 4.02. The Bertz CT molecular complexity index is 516. The lowest BCUT2D eigenvalue weighted by Crippen LogP contribution is -2.27. The molecule has 0 atom stereocenters. The van der Waals surface area contributed by atoms with E-state index in [2.05, 4.69) is 12.2 Å². The number of carbonyl (C=O) groups is 2. The lowest BCUT2D eigenvalue weighted by Gasteiger charge is -2.25. The van der Waals surface area contributed by atoms with E-state index in [9.17, 15) is 9.59 Å². The fraction of sp³-hybridized carbons (Fsp3) is 0.500. The van der Waals surface area contributed by atoms with Gasteiger partial charge in [0.05, 0.1) is 5.56 Å². The highest BCUT2D eigenvalue weighted by atomic mass is 16.4. The molecule has 1 saturated carbocycles. The third-order valence-corrected chi connectivity index (χ3v) is 4.13. The summed E-state index contributed by atoms with van der Waals surface area (Å²) in [5, 5.41) is 11.9. The van der Waals surface area contributed by atoms with E-state index >= 15 is 0 Å². The first-order valence-corrected chi connectivity index (χ1v) is 7.12. The molecule has 1 fully saturated rings. The molecule has 4 heteroatoms. The van der Waals surface area contributed by atoms with Gasteiger partial charge in [0.2, 0.25) is 5.91 Å². The van der Waals surface area contributed by atoms with Crippen molar-refractivity contribution in [1.29, 1.82) is 0 Å². The topological polar surface area (TPSA) is 66.4 Å². The van der Waals surface area contributed by atoms with E-state index in [1.165, 1.54) is 6.07 Å². The van der Waals surface area contributed by atoms with Gasteiger partial charge in [-0.3, -0.25) is 4.79 Å². The van der Waals surface area contributed by atoms with Crippen LogP contribution < -0.4 is 5.32 Å². The number of nitrogens with one attached hydrogen (secondary N) is 1. The molecule has 20 heavy (non-hydrogen) atoms. The summed E-state index contributed by atoms with van der Waals surface area (Å²) in [5.74, 6) is -0.204. The lowest BCUT2D eigenvalue weighted by atomic mass is 9.82. The molecule has 4 nitrogen and oxygen atoms in total. The SMILES string of the molecule is Cc1ccc(C(=O)O)cc1NC(=O)C1CCC(C)CC1. The predicted octanol–water partition coefficient (Wildman–Crippen LogP) is 3.46. The molecule has 2 rings (SSSR count). The maximum absolute atomic E-state index is 12.2. The van der Waals surface area contributed by atoms with Crippen LogP contribution in [-0.4, -0.2) is 17.0 Å². The number of hydrogen-bond acceptors (Lipinski definition) is 2. The normalized spacial score (nSPS) is 22.3. The Labute approximate surface area is 119 Å². The number of amides is 1. The van der Waals surface area contributed by atoms with Crippen molar-refractivity contribution in [3.05, 3.63) is 29.3 Å². The van der Waals surface area contributed by atoms with Crippen molar-refractivity contribution in [2.24, 2.45) is 11.8 Å². The quantitative estimate of drug-likeness (QED) is 0.887. The molecule has 0 spiro atoms. The minimum absolute atomic E-state index is 0.0162. The van der Waals surface area contributed by atoms with Crippen molar-refractivity contribution < 1.29 is 14.7 Å². The van der Waals surface area contributed by atoms with E-state index in [1.54, 1.807) is 12.1 Å². The third-order valence-electron chi connectivity index (χ3n) is 4.13. The number of hydrogen-bond donors (Lipinski definition) is 2. The monoisotopic (exact) mass is 275 g/mol. The fourth-order valence-electron chi connectivity index (χ4n) is 2.65. The third kappa shape index (κ3) is 3.38. The second kappa shape index (κ2) is 6.07. The minimum Gasteiger partial charge on any atom is -0.478 e. The molecule has 0 aliphatic heterocycles. The van der Waals surface area contributed by atoms with Crippen LogP contribution in [0.15, 0.2) is 18.2 Å². The summed E-state index contributed by atoms with van der Waals surface area (Å²) in [6, 6.07) is 4.80. The molecule has 1 aromatic carbocycles. The van der Waals surface area contributed by atoms with Crippen molar-refractivity contribution in [3.63, 3.8) is 0 Å². The molecule has 1 amide bonds. The standard InChI is InChI=1S/C16H21NO3/c1-10-3-6-12(7-4-10)15(18)17-14-9-13(16(19)20)8-5-11(14)2/h5,8-10,12H,3-4,6-7H2,1-2H3,(H,17,18)(H,19,20). The van der Waals surface area contributed by atoms with Gasteiger partial charge in [-0.25, -0.2) is 4.79 Å². The Morgan fingerprint density at radius 2 is 1.85 bits per heavy atom. The number of carbonyl (C=O) groups excluding carboxylic acids is 1. The van der Waals surface area contributed by atoms with Gasteiger partial charge in [-0.15, -0.1) is 0 Å². The van der Waals surface area contributed by atoms with E-state index in [4.69, 9.17) is 5.11 Å². The summed E-state index contributed by atoms with van der Waals surface area (Å²) in [5.41, 5.74) is 1.68. The molecule has 1 aromatic rings. The van der Waals surface area contributed by atoms with Gasteiger partial charge in [0.15, 0.2) is 0 Å². The van der Waals surface area contributed by atoms with Gasteiger partial charge < -0.3 is 10.4 Å². The van der Waals surface area contributed by atoms with Crippen LogP contribution in [0.2, 0.25) is 0 Å². The number of carboxylic acid groups (broad SMARTS) is 1. The highest BCUT2D eigenvalue weighted by Crippen LogP contribution is 2.29. The zero-order valence-electron chi connectivity index (χ0n) is 12.0. The minimum atomic E-state index is -0.980. The van der Waals surface area contributed by atoms with Crippen molar-refractivity contribution in [2.45, 2.75) is 39.5 Å². The first-order valence-electron chi connectivity index (χ1n) is 7.12. The predicted molar refractivity (Wildman–Crippen MR) is 77.9 cm³/mol. The lowest BCUT2D eigenvalue weighted by molar-refractivity contribution is -0.121. The number of aromatic carboxylic acids is 1. The van der Waals surface area contributed by atoms with Gasteiger partial charge in [-0.05, 0) is 56.2 Å². The summed E-state index contributed by atoms with van der Waals surface area (Å²) >= 11 is 0. The molecule has 2 N–H and O–H groups in total. The van der Waals surface area contributed by atoms with Crippen LogP contribution in [-0.2, 0) is 4.79 Å². The second-order valence-corrected chi connectivity index (χ2v) is 5.78. The number of aryl methyl sites for hydroxylation is 1. The molecule has 0 aromatic heterocycles. The van der Waals surface area contributed by atoms with Gasteiger partial charge >= 0.3 is 5.97 Å². The Balaban J connectivity index is 2.07. The van der Waals surface area contributed by atoms with Gasteiger partial charge in [-0.2, -0.15) is 0 Å². The van der Waals surface area contributed by atoms with Crippen LogP contribution in [0.3, 0.4) is 0 Å². The largest absolute Gasteiger partial charge is 0.478 e. The van der Waals surface area contributed by atoms with E-state index in [0.717, 1.165) is 31.2 Å².